The Labute approximate surface area is 103 Å². The third-order valence-electron chi connectivity index (χ3n) is 2.64. The number of hydrogen-bond donors (Lipinski definition) is 1. The number of methoxy groups -OCH3 is 1. The van der Waals surface area contributed by atoms with E-state index >= 15 is 0 Å². The summed E-state index contributed by atoms with van der Waals surface area (Å²) in [5.41, 5.74) is 1.33. The molecule has 1 atom stereocenters. The van der Waals surface area contributed by atoms with E-state index in [-0.39, 0.29) is 6.10 Å². The maximum absolute atomic E-state index is 9.71. The van der Waals surface area contributed by atoms with E-state index < -0.39 is 0 Å². The van der Waals surface area contributed by atoms with Gasteiger partial charge >= 0.3 is 0 Å². The highest BCUT2D eigenvalue weighted by Gasteiger charge is 2.04. The fraction of sp³-hybridized carbons (Fsp3) is 0.571. The topological polar surface area (TPSA) is 38.7 Å². The molecule has 0 amide bonds. The van der Waals surface area contributed by atoms with Crippen molar-refractivity contribution in [3.8, 4) is 0 Å². The number of rotatable bonds is 9. The molecule has 1 unspecified atom stereocenters. The number of ether oxygens (including phenoxy) is 2. The quantitative estimate of drug-likeness (QED) is 0.530. The summed E-state index contributed by atoms with van der Waals surface area (Å²) in [7, 11) is 1.59. The van der Waals surface area contributed by atoms with Crippen LogP contribution in [-0.4, -0.2) is 31.7 Å². The van der Waals surface area contributed by atoms with Gasteiger partial charge in [-0.3, -0.25) is 0 Å². The molecule has 96 valence electrons. The molecule has 0 aromatic heterocycles. The minimum absolute atomic E-state index is 0.268. The molecular weight excluding hydrogens is 216 g/mol. The van der Waals surface area contributed by atoms with Gasteiger partial charge in [-0.15, -0.1) is 0 Å². The lowest BCUT2D eigenvalue weighted by atomic mass is 10.0. The average molecular weight is 238 g/mol. The Morgan fingerprint density at radius 3 is 2.65 bits per heavy atom. The van der Waals surface area contributed by atoms with Crippen LogP contribution < -0.4 is 0 Å². The van der Waals surface area contributed by atoms with E-state index in [1.807, 2.05) is 18.2 Å². The molecule has 1 rings (SSSR count). The molecule has 3 nitrogen and oxygen atoms in total. The molecule has 1 aromatic rings. The van der Waals surface area contributed by atoms with Crippen molar-refractivity contribution < 1.29 is 14.6 Å². The van der Waals surface area contributed by atoms with Gasteiger partial charge in [-0.25, -0.2) is 0 Å². The molecule has 0 heterocycles. The lowest BCUT2D eigenvalue weighted by Crippen LogP contribution is -2.11. The Bertz CT molecular complexity index is 274. The largest absolute Gasteiger partial charge is 0.393 e. The minimum atomic E-state index is -0.268. The molecule has 0 bridgehead atoms. The summed E-state index contributed by atoms with van der Waals surface area (Å²) >= 11 is 0. The monoisotopic (exact) mass is 238 g/mol. The van der Waals surface area contributed by atoms with Gasteiger partial charge in [0.2, 0.25) is 0 Å². The van der Waals surface area contributed by atoms with E-state index in [2.05, 4.69) is 12.1 Å². The van der Waals surface area contributed by atoms with E-state index in [9.17, 15) is 5.11 Å². The Morgan fingerprint density at radius 2 is 1.94 bits per heavy atom. The van der Waals surface area contributed by atoms with E-state index in [1.165, 1.54) is 5.56 Å². The predicted octanol–water partition coefficient (Wildman–Crippen LogP) is 2.38. The van der Waals surface area contributed by atoms with Crippen LogP contribution in [0.5, 0.6) is 0 Å². The summed E-state index contributed by atoms with van der Waals surface area (Å²) in [6, 6.07) is 10.3. The van der Waals surface area contributed by atoms with Crippen molar-refractivity contribution in [2.45, 2.75) is 31.8 Å². The Balaban J connectivity index is 2.02. The van der Waals surface area contributed by atoms with Crippen LogP contribution in [0.15, 0.2) is 30.3 Å². The summed E-state index contributed by atoms with van der Waals surface area (Å²) < 4.78 is 9.89. The van der Waals surface area contributed by atoms with Crippen LogP contribution in [0.1, 0.15) is 24.8 Å². The van der Waals surface area contributed by atoms with Gasteiger partial charge in [-0.1, -0.05) is 30.3 Å². The van der Waals surface area contributed by atoms with E-state index in [0.29, 0.717) is 19.8 Å². The van der Waals surface area contributed by atoms with Crippen LogP contribution in [0.2, 0.25) is 0 Å². The number of aliphatic hydroxyl groups is 1. The normalized spacial score (nSPS) is 12.6. The van der Waals surface area contributed by atoms with Gasteiger partial charge < -0.3 is 14.6 Å². The second-order valence-corrected chi connectivity index (χ2v) is 4.14. The van der Waals surface area contributed by atoms with Crippen molar-refractivity contribution in [2.24, 2.45) is 0 Å². The molecule has 0 saturated heterocycles. The molecule has 17 heavy (non-hydrogen) atoms. The highest BCUT2D eigenvalue weighted by molar-refractivity contribution is 5.14. The fourth-order valence-corrected chi connectivity index (χ4v) is 1.69. The van der Waals surface area contributed by atoms with Crippen molar-refractivity contribution >= 4 is 0 Å². The summed E-state index contributed by atoms with van der Waals surface area (Å²) in [4.78, 5) is 0. The van der Waals surface area contributed by atoms with Crippen molar-refractivity contribution in [1.29, 1.82) is 0 Å². The second-order valence-electron chi connectivity index (χ2n) is 4.14. The van der Waals surface area contributed by atoms with Gasteiger partial charge in [0.1, 0.15) is 6.79 Å². The zero-order chi connectivity index (χ0) is 12.3. The van der Waals surface area contributed by atoms with E-state index in [1.54, 1.807) is 7.11 Å². The summed E-state index contributed by atoms with van der Waals surface area (Å²) in [5.74, 6) is 0. The molecule has 0 radical (unpaired) electrons. The van der Waals surface area contributed by atoms with Gasteiger partial charge in [0.15, 0.2) is 0 Å². The van der Waals surface area contributed by atoms with Crippen molar-refractivity contribution in [2.75, 3.05) is 20.5 Å². The van der Waals surface area contributed by atoms with Crippen LogP contribution in [0.3, 0.4) is 0 Å². The molecule has 3 heteroatoms. The van der Waals surface area contributed by atoms with Gasteiger partial charge in [0.05, 0.1) is 12.7 Å². The van der Waals surface area contributed by atoms with Crippen LogP contribution in [-0.2, 0) is 15.9 Å². The first-order chi connectivity index (χ1) is 8.33. The summed E-state index contributed by atoms with van der Waals surface area (Å²) in [5, 5.41) is 9.71. The molecule has 0 aliphatic carbocycles. The highest BCUT2D eigenvalue weighted by Crippen LogP contribution is 2.08. The summed E-state index contributed by atoms with van der Waals surface area (Å²) in [6.07, 6.45) is 3.27. The van der Waals surface area contributed by atoms with E-state index in [4.69, 9.17) is 9.47 Å². The second kappa shape index (κ2) is 9.16. The fourth-order valence-electron chi connectivity index (χ4n) is 1.69. The van der Waals surface area contributed by atoms with Crippen molar-refractivity contribution in [3.63, 3.8) is 0 Å². The van der Waals surface area contributed by atoms with Crippen molar-refractivity contribution in [1.82, 2.24) is 0 Å². The van der Waals surface area contributed by atoms with Gasteiger partial charge in [-0.2, -0.15) is 0 Å². The van der Waals surface area contributed by atoms with Gasteiger partial charge in [0.25, 0.3) is 0 Å². The summed E-state index contributed by atoms with van der Waals surface area (Å²) in [6.45, 7) is 0.858. The minimum Gasteiger partial charge on any atom is -0.393 e. The van der Waals surface area contributed by atoms with Crippen LogP contribution in [0, 0.1) is 0 Å². The number of aryl methyl sites for hydroxylation is 1. The maximum atomic E-state index is 9.71. The van der Waals surface area contributed by atoms with Crippen molar-refractivity contribution in [3.05, 3.63) is 35.9 Å². The first-order valence-corrected chi connectivity index (χ1v) is 6.11. The molecule has 1 N–H and O–H groups in total. The van der Waals surface area contributed by atoms with Crippen LogP contribution in [0.4, 0.5) is 0 Å². The van der Waals surface area contributed by atoms with E-state index in [0.717, 1.165) is 19.3 Å². The zero-order valence-electron chi connectivity index (χ0n) is 10.5. The molecule has 0 aliphatic heterocycles. The number of benzene rings is 1. The third-order valence-corrected chi connectivity index (χ3v) is 2.64. The average Bonchev–Trinajstić information content (AvgIpc) is 2.36. The first kappa shape index (κ1) is 14.2. The molecule has 0 fully saturated rings. The Morgan fingerprint density at radius 1 is 1.18 bits per heavy atom. The highest BCUT2D eigenvalue weighted by atomic mass is 16.7. The first-order valence-electron chi connectivity index (χ1n) is 6.11. The predicted molar refractivity (Wildman–Crippen MR) is 67.8 cm³/mol. The van der Waals surface area contributed by atoms with Gasteiger partial charge in [0, 0.05) is 7.11 Å². The molecular formula is C14H22O3. The SMILES string of the molecule is COCOCCC(O)CCCc1ccccc1. The standard InChI is InChI=1S/C14H22O3/c1-16-12-17-11-10-14(15)9-5-8-13-6-3-2-4-7-13/h2-4,6-7,14-15H,5,8-12H2,1H3. The lowest BCUT2D eigenvalue weighted by molar-refractivity contribution is -0.0403. The maximum Gasteiger partial charge on any atom is 0.146 e. The number of hydrogen-bond acceptors (Lipinski definition) is 3. The lowest BCUT2D eigenvalue weighted by Gasteiger charge is -2.10. The number of aliphatic hydroxyl groups excluding tert-OH is 1. The molecule has 1 aromatic carbocycles. The molecule has 0 spiro atoms. The molecule has 0 saturated carbocycles. The van der Waals surface area contributed by atoms with Crippen LogP contribution >= 0.6 is 0 Å². The zero-order valence-corrected chi connectivity index (χ0v) is 10.5. The Kier molecular flexibility index (Phi) is 7.63. The van der Waals surface area contributed by atoms with Crippen LogP contribution in [0.25, 0.3) is 0 Å². The van der Waals surface area contributed by atoms with Gasteiger partial charge in [-0.05, 0) is 31.2 Å². The Hall–Kier alpha value is -0.900. The molecule has 0 aliphatic rings. The smallest absolute Gasteiger partial charge is 0.146 e. The third kappa shape index (κ3) is 7.10.